The predicted molar refractivity (Wildman–Crippen MR) is 130 cm³/mol. The van der Waals surface area contributed by atoms with Crippen molar-refractivity contribution in [2.24, 2.45) is 11.8 Å². The van der Waals surface area contributed by atoms with Gasteiger partial charge in [0, 0.05) is 0 Å². The van der Waals surface area contributed by atoms with Crippen molar-refractivity contribution in [1.82, 2.24) is 0 Å². The van der Waals surface area contributed by atoms with E-state index < -0.39 is 41.6 Å². The van der Waals surface area contributed by atoms with Crippen molar-refractivity contribution in [3.8, 4) is 0 Å². The first-order chi connectivity index (χ1) is 15.2. The number of rotatable bonds is 16. The van der Waals surface area contributed by atoms with Gasteiger partial charge >= 0.3 is 49.3 Å². The molecule has 0 bridgehead atoms. The SMILES string of the molecule is CCCCC(CC)COC(=O)CC(C(=O)OCC(CC)CCCC)S(=O)(=O)O.O=P(O)(O)O.[NaH]. The number of unbranched alkanes of at least 4 members (excludes halogenated alkanes) is 2. The Hall–Kier alpha value is -0.0400. The van der Waals surface area contributed by atoms with E-state index in [1.807, 2.05) is 13.8 Å². The summed E-state index contributed by atoms with van der Waals surface area (Å²) in [6, 6.07) is 0. The maximum atomic E-state index is 12.2. The van der Waals surface area contributed by atoms with Crippen LogP contribution in [0.15, 0.2) is 0 Å². The molecule has 0 saturated carbocycles. The molecule has 0 heterocycles. The van der Waals surface area contributed by atoms with Gasteiger partial charge in [-0.15, -0.1) is 0 Å². The Bertz CT molecular complexity index is 688. The van der Waals surface area contributed by atoms with E-state index in [2.05, 4.69) is 13.8 Å². The van der Waals surface area contributed by atoms with Gasteiger partial charge in [-0.25, -0.2) is 4.57 Å². The molecule has 0 saturated heterocycles. The number of hydrogen-bond donors (Lipinski definition) is 4. The first-order valence-electron chi connectivity index (χ1n) is 11.3. The average Bonchev–Trinajstić information content (AvgIpc) is 2.70. The van der Waals surface area contributed by atoms with Crippen LogP contribution < -0.4 is 0 Å². The monoisotopic (exact) mass is 544 g/mol. The van der Waals surface area contributed by atoms with Crippen LogP contribution in [0.3, 0.4) is 0 Å². The third kappa shape index (κ3) is 23.7. The third-order valence-electron chi connectivity index (χ3n) is 5.00. The number of hydrogen-bond acceptors (Lipinski definition) is 7. The van der Waals surface area contributed by atoms with E-state index in [-0.39, 0.29) is 54.6 Å². The summed E-state index contributed by atoms with van der Waals surface area (Å²) in [5, 5.41) is -1.95. The Balaban J connectivity index is -0.00000144. The van der Waals surface area contributed by atoms with Crippen molar-refractivity contribution in [3.05, 3.63) is 0 Å². The minimum absolute atomic E-state index is 0. The molecule has 0 aromatic heterocycles. The van der Waals surface area contributed by atoms with Crippen LogP contribution >= 0.6 is 7.82 Å². The molecule has 14 heteroatoms. The van der Waals surface area contributed by atoms with Crippen LogP contribution in [0.1, 0.15) is 85.5 Å². The summed E-state index contributed by atoms with van der Waals surface area (Å²) in [5.74, 6) is -1.61. The van der Waals surface area contributed by atoms with Gasteiger partial charge in [-0.1, -0.05) is 66.2 Å². The Labute approximate surface area is 225 Å². The number of carbonyl (C=O) groups is 2. The fourth-order valence-corrected chi connectivity index (χ4v) is 3.48. The quantitative estimate of drug-likeness (QED) is 0.0968. The molecule has 34 heavy (non-hydrogen) atoms. The van der Waals surface area contributed by atoms with Crippen LogP contribution in [0.25, 0.3) is 0 Å². The van der Waals surface area contributed by atoms with E-state index in [0.29, 0.717) is 0 Å². The summed E-state index contributed by atoms with van der Waals surface area (Å²) in [6.45, 7) is 8.35. The summed E-state index contributed by atoms with van der Waals surface area (Å²) >= 11 is 0. The number of ether oxygens (including phenoxy) is 2. The van der Waals surface area contributed by atoms with Gasteiger partial charge in [0.1, 0.15) is 0 Å². The summed E-state index contributed by atoms with van der Waals surface area (Å²) in [4.78, 5) is 45.8. The molecule has 0 amide bonds. The van der Waals surface area contributed by atoms with Crippen molar-refractivity contribution < 1.29 is 51.3 Å². The Morgan fingerprint density at radius 3 is 1.56 bits per heavy atom. The first kappa shape index (κ1) is 38.5. The average molecular weight is 545 g/mol. The minimum atomic E-state index is -4.76. The van der Waals surface area contributed by atoms with Crippen LogP contribution in [-0.2, 0) is 33.7 Å². The first-order valence-corrected chi connectivity index (χ1v) is 14.3. The van der Waals surface area contributed by atoms with Gasteiger partial charge in [0.25, 0.3) is 10.1 Å². The van der Waals surface area contributed by atoms with Crippen molar-refractivity contribution in [2.45, 2.75) is 90.7 Å². The molecule has 0 rings (SSSR count). The Morgan fingerprint density at radius 2 is 1.24 bits per heavy atom. The van der Waals surface area contributed by atoms with Crippen molar-refractivity contribution in [2.75, 3.05) is 13.2 Å². The maximum absolute atomic E-state index is 12.2. The summed E-state index contributed by atoms with van der Waals surface area (Å²) in [6.07, 6.45) is 6.74. The second-order valence-electron chi connectivity index (χ2n) is 7.87. The molecule has 3 atom stereocenters. The van der Waals surface area contributed by atoms with Crippen molar-refractivity contribution in [3.63, 3.8) is 0 Å². The molecular weight excluding hydrogens is 502 g/mol. The summed E-state index contributed by atoms with van der Waals surface area (Å²) < 4.78 is 51.6. The molecule has 0 aromatic rings. The Morgan fingerprint density at radius 1 is 0.853 bits per heavy atom. The molecule has 0 aliphatic heterocycles. The van der Waals surface area contributed by atoms with Gasteiger partial charge < -0.3 is 24.2 Å². The fraction of sp³-hybridized carbons (Fsp3) is 0.900. The van der Waals surface area contributed by atoms with Gasteiger partial charge in [0.2, 0.25) is 0 Å². The molecule has 3 unspecified atom stereocenters. The van der Waals surface area contributed by atoms with Crippen LogP contribution in [-0.4, -0.2) is 87.6 Å². The molecule has 0 spiro atoms. The molecule has 0 fully saturated rings. The van der Waals surface area contributed by atoms with Crippen molar-refractivity contribution in [1.29, 1.82) is 0 Å². The van der Waals surface area contributed by atoms with Crippen LogP contribution in [0, 0.1) is 11.8 Å². The normalized spacial score (nSPS) is 14.0. The van der Waals surface area contributed by atoms with Gasteiger partial charge in [-0.2, -0.15) is 8.42 Å². The fourth-order valence-electron chi connectivity index (χ4n) is 2.82. The number of phosphoric acid groups is 1. The van der Waals surface area contributed by atoms with Gasteiger partial charge in [-0.3, -0.25) is 14.1 Å². The van der Waals surface area contributed by atoms with E-state index in [0.717, 1.165) is 51.4 Å². The topological polar surface area (TPSA) is 185 Å². The molecular formula is C20H42NaO11PS. The Kier molecular flexibility index (Phi) is 23.9. The van der Waals surface area contributed by atoms with Crippen LogP contribution in [0.4, 0.5) is 0 Å². The van der Waals surface area contributed by atoms with Crippen LogP contribution in [0.5, 0.6) is 0 Å². The van der Waals surface area contributed by atoms with Crippen LogP contribution in [0.2, 0.25) is 0 Å². The molecule has 4 N–H and O–H groups in total. The zero-order valence-corrected chi connectivity index (χ0v) is 21.7. The van der Waals surface area contributed by atoms with E-state index >= 15 is 0 Å². The molecule has 0 aliphatic rings. The summed E-state index contributed by atoms with van der Waals surface area (Å²) in [5.41, 5.74) is 0. The number of esters is 2. The molecule has 0 aliphatic carbocycles. The molecule has 11 nitrogen and oxygen atoms in total. The van der Waals surface area contributed by atoms with E-state index in [1.54, 1.807) is 0 Å². The van der Waals surface area contributed by atoms with Gasteiger partial charge in [-0.05, 0) is 24.7 Å². The second-order valence-corrected chi connectivity index (χ2v) is 10.5. The second kappa shape index (κ2) is 21.1. The zero-order chi connectivity index (χ0) is 26.1. The third-order valence-corrected chi connectivity index (χ3v) is 6.08. The predicted octanol–water partition coefficient (Wildman–Crippen LogP) is 2.58. The van der Waals surface area contributed by atoms with Gasteiger partial charge in [0.15, 0.2) is 5.25 Å². The van der Waals surface area contributed by atoms with E-state index in [4.69, 9.17) is 28.7 Å². The zero-order valence-electron chi connectivity index (χ0n) is 20.0. The molecule has 0 aromatic carbocycles. The standard InChI is InChI=1S/C20H38O7S.Na.H3O4P.H/c1-5-9-11-16(7-3)14-26-19(21)13-18(28(23,24)25)20(22)27-15-17(8-4)12-10-6-2;;1-5(2,3)4;/h16-18H,5-15H2,1-4H3,(H,23,24,25);;(H3,1,2,3,4);. The van der Waals surface area contributed by atoms with E-state index in [9.17, 15) is 22.6 Å². The van der Waals surface area contributed by atoms with Crippen molar-refractivity contribution >= 4 is 59.4 Å². The molecule has 200 valence electrons. The molecule has 0 radical (unpaired) electrons. The summed E-state index contributed by atoms with van der Waals surface area (Å²) in [7, 11) is -9.40. The van der Waals surface area contributed by atoms with Gasteiger partial charge in [0.05, 0.1) is 19.6 Å². The number of carbonyl (C=O) groups excluding carboxylic acids is 2. The van der Waals surface area contributed by atoms with E-state index in [1.165, 1.54) is 0 Å².